The van der Waals surface area contributed by atoms with Gasteiger partial charge in [0.25, 0.3) is 0 Å². The van der Waals surface area contributed by atoms with Gasteiger partial charge in [-0.15, -0.1) is 11.3 Å². The van der Waals surface area contributed by atoms with Gasteiger partial charge >= 0.3 is 6.09 Å². The van der Waals surface area contributed by atoms with Crippen LogP contribution >= 0.6 is 11.3 Å². The number of sulfonamides is 1. The van der Waals surface area contributed by atoms with E-state index in [2.05, 4.69) is 15.0 Å². The topological polar surface area (TPSA) is 97.4 Å². The molecule has 9 heteroatoms. The number of benzene rings is 2. The number of hydrogen-bond donors (Lipinski definition) is 2. The molecule has 0 radical (unpaired) electrons. The monoisotopic (exact) mass is 479 g/mol. The summed E-state index contributed by atoms with van der Waals surface area (Å²) in [5, 5.41) is 2.64. The van der Waals surface area contributed by atoms with Crippen molar-refractivity contribution in [2.75, 3.05) is 11.9 Å². The van der Waals surface area contributed by atoms with E-state index >= 15 is 0 Å². The highest BCUT2D eigenvalue weighted by Gasteiger charge is 2.17. The van der Waals surface area contributed by atoms with Crippen molar-refractivity contribution in [1.82, 2.24) is 9.71 Å². The fourth-order valence-electron chi connectivity index (χ4n) is 3.01. The summed E-state index contributed by atoms with van der Waals surface area (Å²) in [5.41, 5.74) is 2.29. The number of nitrogens with zero attached hydrogens (tertiary/aromatic N) is 1. The summed E-state index contributed by atoms with van der Waals surface area (Å²) in [6.07, 6.45) is 1.59. The Bertz CT molecular complexity index is 1310. The summed E-state index contributed by atoms with van der Waals surface area (Å²) in [6.45, 7) is 0.244. The Morgan fingerprint density at radius 3 is 2.39 bits per heavy atom. The number of thiophene rings is 1. The minimum absolute atomic E-state index is 0.244. The SMILES string of the molecule is O=C(Nc1ccccc1)Oc1ccc(CCNS(=O)(=O)c2ccc(-c3ccccn3)s2)cc1. The van der Waals surface area contributed by atoms with Gasteiger partial charge in [-0.2, -0.15) is 0 Å². The van der Waals surface area contributed by atoms with Gasteiger partial charge in [0, 0.05) is 18.4 Å². The van der Waals surface area contributed by atoms with Crippen LogP contribution in [0.5, 0.6) is 5.75 Å². The fourth-order valence-corrected chi connectivity index (χ4v) is 5.37. The highest BCUT2D eigenvalue weighted by atomic mass is 32.2. The van der Waals surface area contributed by atoms with Gasteiger partial charge in [0.2, 0.25) is 10.0 Å². The van der Waals surface area contributed by atoms with Crippen molar-refractivity contribution in [3.8, 4) is 16.3 Å². The van der Waals surface area contributed by atoms with Crippen molar-refractivity contribution >= 4 is 33.1 Å². The number of para-hydroxylation sites is 1. The Hall–Kier alpha value is -3.53. The molecule has 2 N–H and O–H groups in total. The lowest BCUT2D eigenvalue weighted by molar-refractivity contribution is 0.215. The van der Waals surface area contributed by atoms with Gasteiger partial charge in [0.05, 0.1) is 10.6 Å². The minimum Gasteiger partial charge on any atom is -0.410 e. The van der Waals surface area contributed by atoms with Crippen LogP contribution in [0.25, 0.3) is 10.6 Å². The first kappa shape index (κ1) is 22.7. The van der Waals surface area contributed by atoms with E-state index in [-0.39, 0.29) is 10.8 Å². The normalized spacial score (nSPS) is 11.2. The largest absolute Gasteiger partial charge is 0.417 e. The molecule has 0 aliphatic heterocycles. The Balaban J connectivity index is 1.28. The maximum atomic E-state index is 12.6. The molecule has 0 atom stereocenters. The Kier molecular flexibility index (Phi) is 7.13. The minimum atomic E-state index is -3.61. The number of anilines is 1. The van der Waals surface area contributed by atoms with Crippen molar-refractivity contribution in [2.45, 2.75) is 10.6 Å². The average molecular weight is 480 g/mol. The molecule has 4 aromatic rings. The van der Waals surface area contributed by atoms with Crippen molar-refractivity contribution in [2.24, 2.45) is 0 Å². The van der Waals surface area contributed by atoms with Crippen LogP contribution in [0, 0.1) is 0 Å². The first-order valence-corrected chi connectivity index (χ1v) is 12.4. The molecule has 0 fully saturated rings. The molecule has 7 nitrogen and oxygen atoms in total. The lowest BCUT2D eigenvalue weighted by Gasteiger charge is -2.08. The predicted molar refractivity (Wildman–Crippen MR) is 129 cm³/mol. The summed E-state index contributed by atoms with van der Waals surface area (Å²) in [7, 11) is -3.61. The number of hydrogen-bond acceptors (Lipinski definition) is 6. The number of amides is 1. The van der Waals surface area contributed by atoms with Crippen LogP contribution in [0.2, 0.25) is 0 Å². The van der Waals surface area contributed by atoms with E-state index in [0.717, 1.165) is 16.1 Å². The van der Waals surface area contributed by atoms with Crippen molar-refractivity contribution < 1.29 is 17.9 Å². The summed E-state index contributed by atoms with van der Waals surface area (Å²) in [4.78, 5) is 17.0. The van der Waals surface area contributed by atoms with Crippen molar-refractivity contribution in [3.05, 3.63) is 96.7 Å². The zero-order valence-corrected chi connectivity index (χ0v) is 19.1. The van der Waals surface area contributed by atoms with Gasteiger partial charge in [-0.3, -0.25) is 10.3 Å². The Morgan fingerprint density at radius 2 is 1.67 bits per heavy atom. The molecule has 2 heterocycles. The van der Waals surface area contributed by atoms with Crippen LogP contribution in [0.15, 0.2) is 95.3 Å². The maximum Gasteiger partial charge on any atom is 0.417 e. The highest BCUT2D eigenvalue weighted by Crippen LogP contribution is 2.29. The van der Waals surface area contributed by atoms with Gasteiger partial charge in [-0.1, -0.05) is 36.4 Å². The van der Waals surface area contributed by atoms with Crippen LogP contribution in [0.3, 0.4) is 0 Å². The number of nitrogens with one attached hydrogen (secondary N) is 2. The van der Waals surface area contributed by atoms with Crippen molar-refractivity contribution in [3.63, 3.8) is 0 Å². The van der Waals surface area contributed by atoms with Crippen LogP contribution in [0.1, 0.15) is 5.56 Å². The number of pyridine rings is 1. The summed E-state index contributed by atoms with van der Waals surface area (Å²) < 4.78 is 33.4. The van der Waals surface area contributed by atoms with Crippen LogP contribution in [0.4, 0.5) is 10.5 Å². The molecule has 0 aliphatic rings. The molecule has 0 unspecified atom stereocenters. The van der Waals surface area contributed by atoms with E-state index in [1.165, 1.54) is 11.3 Å². The van der Waals surface area contributed by atoms with Crippen LogP contribution in [-0.2, 0) is 16.4 Å². The molecule has 168 valence electrons. The molecule has 2 aromatic heterocycles. The van der Waals surface area contributed by atoms with E-state index in [0.29, 0.717) is 17.9 Å². The van der Waals surface area contributed by atoms with Gasteiger partial charge in [0.1, 0.15) is 9.96 Å². The van der Waals surface area contributed by atoms with E-state index in [1.807, 2.05) is 36.4 Å². The van der Waals surface area contributed by atoms with Crippen LogP contribution < -0.4 is 14.8 Å². The standard InChI is InChI=1S/C24H21N3O4S2/c28-24(27-19-6-2-1-3-7-19)31-20-11-9-18(10-12-20)15-17-26-33(29,30)23-14-13-22(32-23)21-8-4-5-16-25-21/h1-14,16,26H,15,17H2,(H,27,28). The smallest absolute Gasteiger partial charge is 0.410 e. The average Bonchev–Trinajstić information content (AvgIpc) is 3.33. The second-order valence-electron chi connectivity index (χ2n) is 7.01. The highest BCUT2D eigenvalue weighted by molar-refractivity contribution is 7.91. The van der Waals surface area contributed by atoms with E-state index in [9.17, 15) is 13.2 Å². The third kappa shape index (κ3) is 6.26. The zero-order chi connectivity index (χ0) is 23.1. The second kappa shape index (κ2) is 10.4. The molecular formula is C24H21N3O4S2. The molecule has 0 saturated heterocycles. The summed E-state index contributed by atoms with van der Waals surface area (Å²) in [6, 6.07) is 24.8. The van der Waals surface area contributed by atoms with E-state index in [4.69, 9.17) is 4.74 Å². The Morgan fingerprint density at radius 1 is 0.909 bits per heavy atom. The number of aromatic nitrogens is 1. The Labute approximate surface area is 196 Å². The third-order valence-electron chi connectivity index (χ3n) is 4.62. The first-order chi connectivity index (χ1) is 16.0. The fraction of sp³-hybridized carbons (Fsp3) is 0.0833. The molecule has 0 aliphatic carbocycles. The third-order valence-corrected chi connectivity index (χ3v) is 7.68. The van der Waals surface area contributed by atoms with Gasteiger partial charge in [-0.05, 0) is 60.5 Å². The lowest BCUT2D eigenvalue weighted by atomic mass is 10.1. The molecule has 0 bridgehead atoms. The number of carbonyl (C=O) groups excluding carboxylic acids is 1. The number of carbonyl (C=O) groups is 1. The molecular weight excluding hydrogens is 458 g/mol. The number of rotatable bonds is 8. The van der Waals surface area contributed by atoms with E-state index in [1.54, 1.807) is 54.7 Å². The summed E-state index contributed by atoms with van der Waals surface area (Å²) >= 11 is 1.18. The quantitative estimate of drug-likeness (QED) is 0.373. The predicted octanol–water partition coefficient (Wildman–Crippen LogP) is 4.94. The number of ether oxygens (including phenoxy) is 1. The lowest BCUT2D eigenvalue weighted by Crippen LogP contribution is -2.25. The van der Waals surface area contributed by atoms with Gasteiger partial charge in [0.15, 0.2) is 0 Å². The summed E-state index contributed by atoms with van der Waals surface area (Å²) in [5.74, 6) is 0.397. The molecule has 33 heavy (non-hydrogen) atoms. The van der Waals surface area contributed by atoms with Crippen molar-refractivity contribution in [1.29, 1.82) is 0 Å². The second-order valence-corrected chi connectivity index (χ2v) is 10.1. The van der Waals surface area contributed by atoms with Gasteiger partial charge in [-0.25, -0.2) is 17.9 Å². The zero-order valence-electron chi connectivity index (χ0n) is 17.5. The maximum absolute atomic E-state index is 12.6. The molecule has 2 aromatic carbocycles. The van der Waals surface area contributed by atoms with Crippen LogP contribution in [-0.4, -0.2) is 26.0 Å². The first-order valence-electron chi connectivity index (χ1n) is 10.1. The molecule has 0 saturated carbocycles. The van der Waals surface area contributed by atoms with Gasteiger partial charge < -0.3 is 4.74 Å². The molecule has 0 spiro atoms. The van der Waals surface area contributed by atoms with E-state index < -0.39 is 16.1 Å². The molecule has 4 rings (SSSR count). The molecule has 1 amide bonds.